The van der Waals surface area contributed by atoms with Crippen molar-refractivity contribution in [3.63, 3.8) is 0 Å². The number of rotatable bonds is 12. The summed E-state index contributed by atoms with van der Waals surface area (Å²) in [5.74, 6) is 3.38. The normalized spacial score (nSPS) is 20.4. The first-order valence-corrected chi connectivity index (χ1v) is 29.6. The molecule has 1 amide bonds. The van der Waals surface area contributed by atoms with Crippen LogP contribution in [0, 0.1) is 32.1 Å². The third-order valence-corrected chi connectivity index (χ3v) is 17.7. The van der Waals surface area contributed by atoms with Gasteiger partial charge in [-0.05, 0) is 160 Å². The Morgan fingerprint density at radius 2 is 1.00 bits per heavy atom. The lowest BCUT2D eigenvalue weighted by Crippen LogP contribution is -2.51. The molecule has 10 heterocycles. The van der Waals surface area contributed by atoms with Crippen LogP contribution in [0.4, 0.5) is 27.8 Å². The fraction of sp³-hybridized carbons (Fsp3) is 0.576. The van der Waals surface area contributed by atoms with Gasteiger partial charge in [-0.3, -0.25) is 40.2 Å². The lowest BCUT2D eigenvalue weighted by molar-refractivity contribution is -0.384. The van der Waals surface area contributed by atoms with Gasteiger partial charge in [-0.15, -0.1) is 0 Å². The molecule has 22 heteroatoms. The molecule has 6 aromatic rings. The van der Waals surface area contributed by atoms with E-state index in [2.05, 4.69) is 71.1 Å². The second kappa shape index (κ2) is 25.1. The molecule has 4 aromatic heterocycles. The third-order valence-electron chi connectivity index (χ3n) is 17.7. The van der Waals surface area contributed by atoms with Crippen molar-refractivity contribution in [3.8, 4) is 22.5 Å². The zero-order chi connectivity index (χ0) is 56.0. The zero-order valence-electron chi connectivity index (χ0n) is 47.4. The molecule has 0 bridgehead atoms. The van der Waals surface area contributed by atoms with Crippen molar-refractivity contribution in [2.24, 2.45) is 11.8 Å². The average Bonchev–Trinajstić information content (AvgIpc) is 4.27. The molecule has 22 nitrogen and oxygen atoms in total. The number of nitrogens with zero attached hydrogens (tertiary/aromatic N) is 13. The van der Waals surface area contributed by atoms with Gasteiger partial charge < -0.3 is 34.6 Å². The van der Waals surface area contributed by atoms with E-state index in [9.17, 15) is 25.0 Å². The van der Waals surface area contributed by atoms with E-state index < -0.39 is 5.60 Å². The van der Waals surface area contributed by atoms with Crippen LogP contribution in [0.15, 0.2) is 73.1 Å². The van der Waals surface area contributed by atoms with Crippen LogP contribution in [0.5, 0.6) is 0 Å². The summed E-state index contributed by atoms with van der Waals surface area (Å²) < 4.78 is 5.56. The van der Waals surface area contributed by atoms with Crippen molar-refractivity contribution in [3.05, 3.63) is 93.3 Å². The van der Waals surface area contributed by atoms with Gasteiger partial charge in [0.15, 0.2) is 0 Å². The molecule has 2 aromatic carbocycles. The number of carbonyl (C=O) groups is 1. The number of ether oxygens (including phenoxy) is 1. The monoisotopic (exact) mass is 1110 g/mol. The molecule has 0 saturated carbocycles. The van der Waals surface area contributed by atoms with Crippen LogP contribution in [0.1, 0.15) is 72.1 Å². The number of anilines is 2. The van der Waals surface area contributed by atoms with Gasteiger partial charge in [0.05, 0.1) is 20.9 Å². The van der Waals surface area contributed by atoms with Crippen molar-refractivity contribution >= 4 is 50.9 Å². The Bertz CT molecular complexity index is 3100. The van der Waals surface area contributed by atoms with Gasteiger partial charge >= 0.3 is 6.09 Å². The number of hydrogen-bond donors (Lipinski definition) is 3. The Morgan fingerprint density at radius 1 is 0.568 bits per heavy atom. The Balaban J connectivity index is 0.000000173. The Morgan fingerprint density at radius 3 is 1.42 bits per heavy atom. The molecule has 6 saturated heterocycles. The van der Waals surface area contributed by atoms with Crippen molar-refractivity contribution in [2.75, 3.05) is 128 Å². The van der Waals surface area contributed by atoms with Gasteiger partial charge in [-0.2, -0.15) is 10.2 Å². The molecular formula is C59H80N16O6. The number of pyridine rings is 2. The average molecular weight is 1110 g/mol. The van der Waals surface area contributed by atoms with Crippen molar-refractivity contribution < 1.29 is 19.4 Å². The van der Waals surface area contributed by atoms with E-state index in [1.54, 1.807) is 30.5 Å². The zero-order valence-corrected chi connectivity index (χ0v) is 47.4. The number of non-ortho nitro benzene ring substituents is 2. The van der Waals surface area contributed by atoms with Gasteiger partial charge in [-0.1, -0.05) is 0 Å². The van der Waals surface area contributed by atoms with E-state index in [-0.39, 0.29) is 27.3 Å². The minimum absolute atomic E-state index is 0.0526. The third kappa shape index (κ3) is 13.7. The summed E-state index contributed by atoms with van der Waals surface area (Å²) in [6.07, 6.45) is 13.2. The summed E-state index contributed by atoms with van der Waals surface area (Å²) in [4.78, 5) is 60.7. The second-order valence-corrected chi connectivity index (χ2v) is 24.1. The number of nitro benzene ring substituents is 2. The molecule has 0 spiro atoms. The van der Waals surface area contributed by atoms with Crippen molar-refractivity contribution in [1.82, 2.24) is 60.2 Å². The summed E-state index contributed by atoms with van der Waals surface area (Å²) in [5, 5.41) is 42.4. The van der Waals surface area contributed by atoms with Gasteiger partial charge in [0.25, 0.3) is 11.4 Å². The first-order valence-electron chi connectivity index (χ1n) is 29.6. The van der Waals surface area contributed by atoms with E-state index in [1.807, 2.05) is 50.1 Å². The summed E-state index contributed by atoms with van der Waals surface area (Å²) in [6.45, 7) is 24.7. The maximum absolute atomic E-state index is 12.4. The number of benzene rings is 2. The minimum atomic E-state index is -0.449. The van der Waals surface area contributed by atoms with Crippen LogP contribution in [0.3, 0.4) is 0 Å². The van der Waals surface area contributed by atoms with Gasteiger partial charge in [0.1, 0.15) is 28.6 Å². The van der Waals surface area contributed by atoms with Gasteiger partial charge in [0, 0.05) is 149 Å². The van der Waals surface area contributed by atoms with Crippen LogP contribution < -0.4 is 15.1 Å². The van der Waals surface area contributed by atoms with Gasteiger partial charge in [-0.25, -0.2) is 14.8 Å². The Kier molecular flexibility index (Phi) is 17.4. The van der Waals surface area contributed by atoms with Crippen LogP contribution in [0.2, 0.25) is 0 Å². The lowest BCUT2D eigenvalue weighted by Gasteiger charge is -2.43. The van der Waals surface area contributed by atoms with Crippen LogP contribution in [0.25, 0.3) is 44.3 Å². The number of aromatic amines is 2. The largest absolute Gasteiger partial charge is 0.444 e. The molecule has 6 aliphatic heterocycles. The number of nitro groups is 2. The van der Waals surface area contributed by atoms with E-state index in [4.69, 9.17) is 4.74 Å². The maximum atomic E-state index is 12.4. The number of piperidine rings is 4. The molecule has 6 aliphatic rings. The molecule has 0 atom stereocenters. The highest BCUT2D eigenvalue weighted by atomic mass is 16.6. The molecule has 0 aliphatic carbocycles. The van der Waals surface area contributed by atoms with Crippen molar-refractivity contribution in [2.45, 2.75) is 89.8 Å². The summed E-state index contributed by atoms with van der Waals surface area (Å²) in [7, 11) is 0. The Hall–Kier alpha value is -6.85. The standard InChI is InChI=1S/C32H44N8O4.C27H36N8O2/c1-32(2,3)44-31(41)39-14-9-25(10-15-39)37-12-7-23(8-13-37)22-36-16-18-38(19-17-36)29-20-24(6-11-33-29)30-27-21-26(40(42)43)4-5-28(27)34-35-30;36-35(37)23-1-2-25-24(18-23)27(31-30-25)21-3-10-29-26(17-21)34-15-13-32(14-16-34)19-20-6-11-33(12-7-20)22-4-8-28-9-5-22/h4-6,11,20-21,23,25H,7-10,12-19,22H2,1-3H3,(H,34,35);1-3,10,17-18,20,22,28H,4-9,11-16,19H2,(H,30,31). The van der Waals surface area contributed by atoms with Crippen LogP contribution in [-0.4, -0.2) is 206 Å². The number of H-pyrrole nitrogens is 2. The first-order chi connectivity index (χ1) is 39.3. The number of piperazine rings is 2. The van der Waals surface area contributed by atoms with E-state index >= 15 is 0 Å². The van der Waals surface area contributed by atoms with E-state index in [0.717, 1.165) is 166 Å². The number of carbonyl (C=O) groups excluding carboxylic acids is 1. The number of likely N-dealkylation sites (tertiary alicyclic amines) is 3. The fourth-order valence-electron chi connectivity index (χ4n) is 13.1. The second-order valence-electron chi connectivity index (χ2n) is 24.1. The number of nitrogens with one attached hydrogen (secondary N) is 3. The van der Waals surface area contributed by atoms with E-state index in [0.29, 0.717) is 11.7 Å². The number of fused-ring (bicyclic) bond motifs is 2. The highest BCUT2D eigenvalue weighted by molar-refractivity contribution is 5.95. The summed E-state index contributed by atoms with van der Waals surface area (Å²) in [6, 6.07) is 18.9. The highest BCUT2D eigenvalue weighted by Gasteiger charge is 2.33. The smallest absolute Gasteiger partial charge is 0.410 e. The fourth-order valence-corrected chi connectivity index (χ4v) is 13.1. The lowest BCUT2D eigenvalue weighted by atomic mass is 9.93. The SMILES string of the molecule is CC(C)(C)OC(=O)N1CCC(N2CCC(CN3CCN(c4cc(-c5n[nH]c6ccc([N+](=O)[O-])cc56)ccn4)CC3)CC2)CC1.O=[N+]([O-])c1ccc2[nH]nc(-c3ccnc(N4CCN(CC5CCN(C6CCNCC6)CC5)CC4)c3)c2c1. The minimum Gasteiger partial charge on any atom is -0.444 e. The van der Waals surface area contributed by atoms with Gasteiger partial charge in [0.2, 0.25) is 0 Å². The van der Waals surface area contributed by atoms with Crippen LogP contribution in [-0.2, 0) is 4.74 Å². The predicted octanol–water partition coefficient (Wildman–Crippen LogP) is 7.89. The molecule has 432 valence electrons. The molecule has 81 heavy (non-hydrogen) atoms. The van der Waals surface area contributed by atoms with E-state index in [1.165, 1.54) is 83.4 Å². The maximum Gasteiger partial charge on any atom is 0.410 e. The van der Waals surface area contributed by atoms with Crippen LogP contribution >= 0.6 is 0 Å². The molecule has 0 radical (unpaired) electrons. The Labute approximate surface area is 473 Å². The summed E-state index contributed by atoms with van der Waals surface area (Å²) >= 11 is 0. The molecule has 12 rings (SSSR count). The summed E-state index contributed by atoms with van der Waals surface area (Å²) in [5.41, 5.74) is 4.46. The molecule has 0 unspecified atom stereocenters. The number of amides is 1. The highest BCUT2D eigenvalue weighted by Crippen LogP contribution is 2.34. The molecular weight excluding hydrogens is 1030 g/mol. The molecule has 3 N–H and O–H groups in total. The van der Waals surface area contributed by atoms with Crippen molar-refractivity contribution in [1.29, 1.82) is 0 Å². The first kappa shape index (κ1) is 56.0. The number of aromatic nitrogens is 6. The topological polar surface area (TPSA) is 230 Å². The predicted molar refractivity (Wildman–Crippen MR) is 315 cm³/mol. The number of hydrogen-bond acceptors (Lipinski definition) is 17. The molecule has 6 fully saturated rings. The quantitative estimate of drug-likeness (QED) is 0.0781.